The summed E-state index contributed by atoms with van der Waals surface area (Å²) in [4.78, 5) is 21.9. The Morgan fingerprint density at radius 2 is 1.92 bits per heavy atom. The van der Waals surface area contributed by atoms with Gasteiger partial charge in [0.05, 0.1) is 5.92 Å². The first-order valence-electron chi connectivity index (χ1n) is 4.16. The van der Waals surface area contributed by atoms with Crippen LogP contribution in [0.5, 0.6) is 0 Å². The van der Waals surface area contributed by atoms with Crippen molar-refractivity contribution >= 4 is 11.9 Å². The van der Waals surface area contributed by atoms with Gasteiger partial charge in [0.1, 0.15) is 0 Å². The van der Waals surface area contributed by atoms with Crippen LogP contribution in [-0.2, 0) is 14.3 Å². The third-order valence-electron chi connectivity index (χ3n) is 2.18. The Hall–Kier alpha value is -0.860. The minimum atomic E-state index is -0.388. The molecule has 0 radical (unpaired) electrons. The van der Waals surface area contributed by atoms with E-state index in [1.807, 2.05) is 20.8 Å². The Bertz CT molecular complexity index is 212. The topological polar surface area (TPSA) is 43.4 Å². The molecule has 0 aromatic carbocycles. The monoisotopic (exact) mass is 170 g/mol. The molecule has 1 rings (SSSR count). The van der Waals surface area contributed by atoms with Gasteiger partial charge >= 0.3 is 11.9 Å². The molecule has 68 valence electrons. The Labute approximate surface area is 72.1 Å². The first-order chi connectivity index (χ1) is 5.41. The molecule has 3 heteroatoms. The van der Waals surface area contributed by atoms with Crippen LogP contribution in [0.4, 0.5) is 0 Å². The lowest BCUT2D eigenvalue weighted by Crippen LogP contribution is -2.36. The summed E-state index contributed by atoms with van der Waals surface area (Å²) in [5.74, 6) is -0.880. The summed E-state index contributed by atoms with van der Waals surface area (Å²) in [5.41, 5.74) is -0.0994. The summed E-state index contributed by atoms with van der Waals surface area (Å²) in [6.45, 7) is 5.94. The minimum absolute atomic E-state index is 0.0994. The fourth-order valence-corrected chi connectivity index (χ4v) is 1.40. The largest absolute Gasteiger partial charge is 0.393 e. The fourth-order valence-electron chi connectivity index (χ4n) is 1.40. The van der Waals surface area contributed by atoms with E-state index >= 15 is 0 Å². The average molecular weight is 170 g/mol. The lowest BCUT2D eigenvalue weighted by atomic mass is 9.77. The second-order valence-corrected chi connectivity index (χ2v) is 4.25. The number of esters is 2. The predicted molar refractivity (Wildman–Crippen MR) is 43.3 cm³/mol. The summed E-state index contributed by atoms with van der Waals surface area (Å²) >= 11 is 0. The lowest BCUT2D eigenvalue weighted by molar-refractivity contribution is -0.170. The highest BCUT2D eigenvalue weighted by Crippen LogP contribution is 2.33. The van der Waals surface area contributed by atoms with Crippen molar-refractivity contribution in [3.05, 3.63) is 0 Å². The zero-order chi connectivity index (χ0) is 9.35. The van der Waals surface area contributed by atoms with E-state index in [4.69, 9.17) is 0 Å². The maximum Gasteiger partial charge on any atom is 0.317 e. The zero-order valence-corrected chi connectivity index (χ0v) is 7.72. The van der Waals surface area contributed by atoms with Crippen LogP contribution in [-0.4, -0.2) is 11.9 Å². The molecule has 0 aromatic rings. The second-order valence-electron chi connectivity index (χ2n) is 4.25. The van der Waals surface area contributed by atoms with Gasteiger partial charge in [-0.1, -0.05) is 20.8 Å². The Kier molecular flexibility index (Phi) is 2.22. The number of carbonyl (C=O) groups excluding carboxylic acids is 2. The van der Waals surface area contributed by atoms with Gasteiger partial charge in [-0.25, -0.2) is 0 Å². The highest BCUT2D eigenvalue weighted by Gasteiger charge is 2.37. The molecule has 0 N–H and O–H groups in total. The molecule has 0 aromatic heterocycles. The average Bonchev–Trinajstić information content (AvgIpc) is 1.83. The minimum Gasteiger partial charge on any atom is -0.393 e. The third kappa shape index (κ3) is 1.84. The molecule has 1 unspecified atom stereocenters. The molecule has 0 saturated carbocycles. The zero-order valence-electron chi connectivity index (χ0n) is 7.72. The number of carbonyl (C=O) groups is 2. The molecule has 0 bridgehead atoms. The van der Waals surface area contributed by atoms with E-state index in [0.29, 0.717) is 12.8 Å². The van der Waals surface area contributed by atoms with E-state index < -0.39 is 0 Å². The van der Waals surface area contributed by atoms with Crippen molar-refractivity contribution in [2.24, 2.45) is 11.3 Å². The quantitative estimate of drug-likeness (QED) is 0.409. The number of rotatable bonds is 0. The van der Waals surface area contributed by atoms with Gasteiger partial charge in [-0.3, -0.25) is 9.59 Å². The summed E-state index contributed by atoms with van der Waals surface area (Å²) in [5, 5.41) is 0. The van der Waals surface area contributed by atoms with Crippen LogP contribution in [0, 0.1) is 11.3 Å². The van der Waals surface area contributed by atoms with Crippen molar-refractivity contribution in [2.75, 3.05) is 0 Å². The van der Waals surface area contributed by atoms with Crippen LogP contribution < -0.4 is 0 Å². The van der Waals surface area contributed by atoms with Gasteiger partial charge in [0, 0.05) is 6.42 Å². The van der Waals surface area contributed by atoms with Crippen LogP contribution in [0.25, 0.3) is 0 Å². The normalized spacial score (nSPS) is 25.4. The van der Waals surface area contributed by atoms with Crippen molar-refractivity contribution in [3.8, 4) is 0 Å². The summed E-state index contributed by atoms with van der Waals surface area (Å²) < 4.78 is 4.55. The molecule has 1 aliphatic rings. The van der Waals surface area contributed by atoms with Crippen LogP contribution in [0.15, 0.2) is 0 Å². The van der Waals surface area contributed by atoms with Gasteiger partial charge in [-0.05, 0) is 11.8 Å². The molecule has 0 aliphatic carbocycles. The van der Waals surface area contributed by atoms with Crippen LogP contribution in [0.2, 0.25) is 0 Å². The van der Waals surface area contributed by atoms with Crippen molar-refractivity contribution in [2.45, 2.75) is 33.6 Å². The molecule has 1 atom stereocenters. The van der Waals surface area contributed by atoms with Gasteiger partial charge in [0.15, 0.2) is 0 Å². The summed E-state index contributed by atoms with van der Waals surface area (Å²) in [7, 11) is 0. The van der Waals surface area contributed by atoms with Gasteiger partial charge in [0.2, 0.25) is 0 Å². The maximum absolute atomic E-state index is 11.2. The smallest absolute Gasteiger partial charge is 0.317 e. The van der Waals surface area contributed by atoms with E-state index in [2.05, 4.69) is 4.74 Å². The van der Waals surface area contributed by atoms with E-state index in [1.165, 1.54) is 0 Å². The Balaban J connectivity index is 2.69. The lowest BCUT2D eigenvalue weighted by Gasteiger charge is -2.30. The van der Waals surface area contributed by atoms with E-state index in [9.17, 15) is 9.59 Å². The standard InChI is InChI=1S/C9H14O3/c1-9(2,3)6-4-5-7(10)12-8(6)11/h6H,4-5H2,1-3H3. The molecule has 1 fully saturated rings. The van der Waals surface area contributed by atoms with Crippen LogP contribution in [0.3, 0.4) is 0 Å². The molecule has 3 nitrogen and oxygen atoms in total. The van der Waals surface area contributed by atoms with Crippen LogP contribution >= 0.6 is 0 Å². The molecular weight excluding hydrogens is 156 g/mol. The van der Waals surface area contributed by atoms with Crippen molar-refractivity contribution in [1.82, 2.24) is 0 Å². The summed E-state index contributed by atoms with van der Waals surface area (Å²) in [6.07, 6.45) is 0.995. The molecule has 0 amide bonds. The van der Waals surface area contributed by atoms with E-state index in [-0.39, 0.29) is 23.3 Å². The van der Waals surface area contributed by atoms with Crippen molar-refractivity contribution in [1.29, 1.82) is 0 Å². The van der Waals surface area contributed by atoms with Gasteiger partial charge in [-0.15, -0.1) is 0 Å². The maximum atomic E-state index is 11.2. The van der Waals surface area contributed by atoms with Crippen molar-refractivity contribution < 1.29 is 14.3 Å². The number of cyclic esters (lactones) is 2. The molecule has 1 aliphatic heterocycles. The van der Waals surface area contributed by atoms with Gasteiger partial charge < -0.3 is 4.74 Å². The van der Waals surface area contributed by atoms with Gasteiger partial charge in [-0.2, -0.15) is 0 Å². The Morgan fingerprint density at radius 1 is 1.33 bits per heavy atom. The predicted octanol–water partition coefficient (Wildman–Crippen LogP) is 1.51. The number of ether oxygens (including phenoxy) is 1. The molecular formula is C9H14O3. The van der Waals surface area contributed by atoms with Crippen molar-refractivity contribution in [3.63, 3.8) is 0 Å². The molecule has 1 saturated heterocycles. The fraction of sp³-hybridized carbons (Fsp3) is 0.778. The Morgan fingerprint density at radius 3 is 2.33 bits per heavy atom. The van der Waals surface area contributed by atoms with E-state index in [0.717, 1.165) is 0 Å². The number of hydrogen-bond acceptors (Lipinski definition) is 3. The van der Waals surface area contributed by atoms with Gasteiger partial charge in [0.25, 0.3) is 0 Å². The summed E-state index contributed by atoms with van der Waals surface area (Å²) in [6, 6.07) is 0. The molecule has 1 heterocycles. The third-order valence-corrected chi connectivity index (χ3v) is 2.18. The first kappa shape index (κ1) is 9.23. The van der Waals surface area contributed by atoms with Crippen LogP contribution in [0.1, 0.15) is 33.6 Å². The second kappa shape index (κ2) is 2.88. The molecule has 12 heavy (non-hydrogen) atoms. The molecule has 0 spiro atoms. The number of hydrogen-bond donors (Lipinski definition) is 0. The highest BCUT2D eigenvalue weighted by molar-refractivity contribution is 5.89. The first-order valence-corrected chi connectivity index (χ1v) is 4.16. The highest BCUT2D eigenvalue weighted by atomic mass is 16.6. The SMILES string of the molecule is CC(C)(C)C1CCC(=O)OC1=O. The van der Waals surface area contributed by atoms with E-state index in [1.54, 1.807) is 0 Å².